The average molecular weight is 1260 g/mol. The van der Waals surface area contributed by atoms with E-state index < -0.39 is 225 Å². The minimum atomic E-state index is -6.22. The lowest BCUT2D eigenvalue weighted by Gasteiger charge is -2.32. The summed E-state index contributed by atoms with van der Waals surface area (Å²) in [4.78, 5) is 50.9. The standard InChI is InChI=1S/C37H44F24O12S4/c38-30(39,40)26(66,31(41,42)43)5-1-9-74-13-21(62)70-17-25(18-71-22(63)14-75-10-2-6-27(67,32(44,45)46)33(47,48)49,19-72-23(64)15-76-11-3-7-28(68,34(50,51)52)35(53,54)55)20-73-24(65)16-77-12-4-8-29(69,36(56,57)58)37(59,60)61/h66-69H,1-20H2. The number of thioether (sulfide) groups is 4. The second-order valence-corrected chi connectivity index (χ2v) is 20.6. The van der Waals surface area contributed by atoms with Crippen LogP contribution >= 0.6 is 47.0 Å². The van der Waals surface area contributed by atoms with E-state index in [9.17, 15) is 145 Å². The zero-order valence-corrected chi connectivity index (χ0v) is 41.7. The Morgan fingerprint density at radius 2 is 0.429 bits per heavy atom. The van der Waals surface area contributed by atoms with Gasteiger partial charge in [-0.25, -0.2) is 0 Å². The molecule has 4 N–H and O–H groups in total. The monoisotopic (exact) mass is 1260 g/mol. The Morgan fingerprint density at radius 3 is 0.558 bits per heavy atom. The molecule has 0 aliphatic heterocycles. The third kappa shape index (κ3) is 22.4. The fourth-order valence-corrected chi connectivity index (χ4v) is 8.44. The number of ether oxygens (including phenoxy) is 4. The molecule has 0 unspecified atom stereocenters. The van der Waals surface area contributed by atoms with Crippen LogP contribution in [-0.4, -0.2) is 189 Å². The summed E-state index contributed by atoms with van der Waals surface area (Å²) >= 11 is 1.09. The highest BCUT2D eigenvalue weighted by molar-refractivity contribution is 8.00. The van der Waals surface area contributed by atoms with E-state index in [0.717, 1.165) is 0 Å². The van der Waals surface area contributed by atoms with Gasteiger partial charge in [0.15, 0.2) is 0 Å². The van der Waals surface area contributed by atoms with Gasteiger partial charge in [-0.05, 0) is 74.4 Å². The molecular formula is C37H44F24O12S4. The summed E-state index contributed by atoms with van der Waals surface area (Å²) in [5, 5.41) is 37.1. The number of rotatable bonds is 32. The van der Waals surface area contributed by atoms with E-state index in [1.807, 2.05) is 0 Å². The molecule has 0 radical (unpaired) electrons. The van der Waals surface area contributed by atoms with Crippen LogP contribution in [0.25, 0.3) is 0 Å². The largest absolute Gasteiger partial charge is 0.464 e. The van der Waals surface area contributed by atoms with Gasteiger partial charge in [0.05, 0.1) is 23.0 Å². The summed E-state index contributed by atoms with van der Waals surface area (Å²) in [7, 11) is 0. The van der Waals surface area contributed by atoms with E-state index in [2.05, 4.69) is 0 Å². The van der Waals surface area contributed by atoms with Gasteiger partial charge in [0.25, 0.3) is 22.4 Å². The number of esters is 4. The van der Waals surface area contributed by atoms with Crippen molar-refractivity contribution in [3.63, 3.8) is 0 Å². The van der Waals surface area contributed by atoms with Gasteiger partial charge in [0.2, 0.25) is 0 Å². The minimum absolute atomic E-state index is 0.274. The average Bonchev–Trinajstić information content (AvgIpc) is 3.24. The van der Waals surface area contributed by atoms with Crippen molar-refractivity contribution in [2.45, 2.75) is 123 Å². The molecule has 0 heterocycles. The maximum absolute atomic E-state index is 13.0. The highest BCUT2D eigenvalue weighted by atomic mass is 32.2. The van der Waals surface area contributed by atoms with Crippen molar-refractivity contribution >= 4 is 70.9 Å². The molecule has 12 nitrogen and oxygen atoms in total. The smallest absolute Gasteiger partial charge is 0.426 e. The van der Waals surface area contributed by atoms with Gasteiger partial charge < -0.3 is 39.4 Å². The Bertz CT molecular complexity index is 1530. The van der Waals surface area contributed by atoms with Crippen LogP contribution in [0.15, 0.2) is 0 Å². The van der Waals surface area contributed by atoms with Gasteiger partial charge in [-0.1, -0.05) is 0 Å². The Labute approximate surface area is 435 Å². The van der Waals surface area contributed by atoms with Crippen molar-refractivity contribution in [1.82, 2.24) is 0 Å². The van der Waals surface area contributed by atoms with E-state index in [1.165, 1.54) is 0 Å². The quantitative estimate of drug-likeness (QED) is 0.0216. The van der Waals surface area contributed by atoms with E-state index in [4.69, 9.17) is 18.9 Å². The maximum Gasteiger partial charge on any atom is 0.426 e. The summed E-state index contributed by atoms with van der Waals surface area (Å²) in [6.45, 7) is -5.26. The number of aliphatic hydroxyl groups is 4. The molecule has 0 amide bonds. The van der Waals surface area contributed by atoms with E-state index in [-0.39, 0.29) is 47.0 Å². The summed E-state index contributed by atoms with van der Waals surface area (Å²) in [6, 6.07) is 0. The minimum Gasteiger partial charge on any atom is -0.464 e. The topological polar surface area (TPSA) is 186 Å². The summed E-state index contributed by atoms with van der Waals surface area (Å²) < 4.78 is 332. The number of hydrogen-bond acceptors (Lipinski definition) is 16. The second kappa shape index (κ2) is 28.9. The lowest BCUT2D eigenvalue weighted by atomic mass is 9.92. The molecule has 0 atom stereocenters. The van der Waals surface area contributed by atoms with Crippen LogP contribution in [0.3, 0.4) is 0 Å². The van der Waals surface area contributed by atoms with Crippen molar-refractivity contribution in [3.05, 3.63) is 0 Å². The van der Waals surface area contributed by atoms with Crippen LogP contribution in [0.4, 0.5) is 105 Å². The summed E-state index contributed by atoms with van der Waals surface area (Å²) in [5.41, 5.74) is -23.2. The number of alkyl halides is 24. The molecule has 0 bridgehead atoms. The molecule has 0 fully saturated rings. The van der Waals surface area contributed by atoms with Crippen LogP contribution < -0.4 is 0 Å². The molecule has 0 aliphatic rings. The highest BCUT2D eigenvalue weighted by Gasteiger charge is 2.72. The fourth-order valence-electron chi connectivity index (χ4n) is 5.47. The Morgan fingerprint density at radius 1 is 0.286 bits per heavy atom. The predicted octanol–water partition coefficient (Wildman–Crippen LogP) is 9.62. The van der Waals surface area contributed by atoms with Crippen LogP contribution in [0, 0.1) is 5.41 Å². The normalized spacial score (nSPS) is 14.4. The van der Waals surface area contributed by atoms with Crippen LogP contribution in [0.5, 0.6) is 0 Å². The fraction of sp³-hybridized carbons (Fsp3) is 0.892. The van der Waals surface area contributed by atoms with Crippen molar-refractivity contribution in [3.8, 4) is 0 Å². The molecule has 0 saturated heterocycles. The van der Waals surface area contributed by atoms with Gasteiger partial charge in [-0.2, -0.15) is 152 Å². The zero-order chi connectivity index (χ0) is 60.6. The van der Waals surface area contributed by atoms with Crippen molar-refractivity contribution < 1.29 is 164 Å². The maximum atomic E-state index is 13.0. The second-order valence-electron chi connectivity index (χ2n) is 16.2. The number of halogens is 24. The highest BCUT2D eigenvalue weighted by Crippen LogP contribution is 2.49. The van der Waals surface area contributed by atoms with E-state index in [1.54, 1.807) is 0 Å². The van der Waals surface area contributed by atoms with Crippen molar-refractivity contribution in [2.75, 3.05) is 72.5 Å². The Kier molecular flexibility index (Phi) is 28.0. The molecule has 0 aromatic rings. The summed E-state index contributed by atoms with van der Waals surface area (Å²) in [6.07, 6.45) is -61.9. The molecule has 0 aromatic carbocycles. The molecule has 77 heavy (non-hydrogen) atoms. The Hall–Kier alpha value is -2.56. The van der Waals surface area contributed by atoms with E-state index >= 15 is 0 Å². The van der Waals surface area contributed by atoms with Gasteiger partial charge in [-0.3, -0.25) is 19.2 Å². The SMILES string of the molecule is O=C(CSCCCC(O)(C(F)(F)F)C(F)(F)F)OCC(COC(=O)CSCCCC(O)(C(F)(F)F)C(F)(F)F)(COC(=O)CSCCCC(O)(C(F)(F)F)C(F)(F)F)COC(=O)CSCCCC(O)(C(F)(F)F)C(F)(F)F. The third-order valence-electron chi connectivity index (χ3n) is 10.1. The van der Waals surface area contributed by atoms with Crippen molar-refractivity contribution in [1.29, 1.82) is 0 Å². The first-order valence-corrected chi connectivity index (χ1v) is 25.4. The molecule has 456 valence electrons. The lowest BCUT2D eigenvalue weighted by molar-refractivity contribution is -0.370. The first-order chi connectivity index (χ1) is 34.4. The first kappa shape index (κ1) is 74.4. The third-order valence-corrected chi connectivity index (χ3v) is 14.2. The van der Waals surface area contributed by atoms with Crippen LogP contribution in [-0.2, 0) is 38.1 Å². The zero-order valence-electron chi connectivity index (χ0n) is 38.4. The van der Waals surface area contributed by atoms with Gasteiger partial charge in [0.1, 0.15) is 31.8 Å². The number of carbonyl (C=O) groups is 4. The van der Waals surface area contributed by atoms with E-state index in [0.29, 0.717) is 0 Å². The lowest BCUT2D eigenvalue weighted by Crippen LogP contribution is -2.56. The molecule has 0 saturated carbocycles. The summed E-state index contributed by atoms with van der Waals surface area (Å²) in [5.74, 6) is -12.8. The number of hydrogen-bond donors (Lipinski definition) is 4. The molecule has 0 rings (SSSR count). The molecule has 0 spiro atoms. The van der Waals surface area contributed by atoms with Gasteiger partial charge in [0, 0.05) is 0 Å². The molecular weight excluding hydrogens is 1220 g/mol. The Balaban J connectivity index is 6.52. The van der Waals surface area contributed by atoms with Gasteiger partial charge >= 0.3 is 73.3 Å². The van der Waals surface area contributed by atoms with Crippen molar-refractivity contribution in [2.24, 2.45) is 5.41 Å². The number of carbonyl (C=O) groups excluding carboxylic acids is 4. The van der Waals surface area contributed by atoms with Gasteiger partial charge in [-0.15, -0.1) is 0 Å². The van der Waals surface area contributed by atoms with Crippen LogP contribution in [0.2, 0.25) is 0 Å². The molecule has 40 heteroatoms. The first-order valence-electron chi connectivity index (χ1n) is 20.8. The molecule has 0 aromatic heterocycles. The van der Waals surface area contributed by atoms with Crippen LogP contribution in [0.1, 0.15) is 51.4 Å². The molecule has 0 aliphatic carbocycles. The predicted molar refractivity (Wildman–Crippen MR) is 221 cm³/mol.